The summed E-state index contributed by atoms with van der Waals surface area (Å²) in [7, 11) is 1.74. The Kier molecular flexibility index (Phi) is 8.43. The fraction of sp³-hybridized carbons (Fsp3) is 0.455. The summed E-state index contributed by atoms with van der Waals surface area (Å²) in [6.07, 6.45) is 3.04. The Morgan fingerprint density at radius 3 is 2.25 bits per heavy atom. The second-order valence-electron chi connectivity index (χ2n) is 7.33. The maximum atomic E-state index is 13.1. The summed E-state index contributed by atoms with van der Waals surface area (Å²) in [6.45, 7) is 5.83. The molecule has 178 valence electrons. The van der Waals surface area contributed by atoms with Crippen LogP contribution in [0.1, 0.15) is 44.2 Å². The maximum Gasteiger partial charge on any atom is 0.586 e. The molecule has 0 aromatic heterocycles. The Hall–Kier alpha value is -2.88. The Balaban J connectivity index is 0.000000277. The van der Waals surface area contributed by atoms with Crippen LogP contribution in [-0.2, 0) is 0 Å². The third kappa shape index (κ3) is 6.09. The predicted octanol–water partition coefficient (Wildman–Crippen LogP) is 4.83. The standard InChI is InChI=1S/C15H18F2N2O2.C5H6F2N2.C2H6/c1-9-6-13-14(21-15(16,17)20-13)8-11(9)12(19(2)18)7-10-4-3-5-10;6-3-1-9-2-4(7)5(3)8;1-2/h6-8,10H,3-5,18H2,1-2H3;1,9H,2,8H2;1-2H3/b12-7-;;. The number of hydrogen-bond donors (Lipinski definition) is 3. The lowest BCUT2D eigenvalue weighted by Gasteiger charge is -2.26. The molecule has 0 spiro atoms. The van der Waals surface area contributed by atoms with Gasteiger partial charge >= 0.3 is 6.29 Å². The Morgan fingerprint density at radius 1 is 1.19 bits per heavy atom. The Labute approximate surface area is 185 Å². The number of rotatable bonds is 3. The van der Waals surface area contributed by atoms with Crippen molar-refractivity contribution in [3.8, 4) is 11.5 Å². The van der Waals surface area contributed by atoms with Crippen LogP contribution in [0.3, 0.4) is 0 Å². The number of nitrogens with one attached hydrogen (secondary N) is 1. The van der Waals surface area contributed by atoms with Gasteiger partial charge in [-0.05, 0) is 43.4 Å². The summed E-state index contributed by atoms with van der Waals surface area (Å²) in [4.78, 5) is 0. The highest BCUT2D eigenvalue weighted by Crippen LogP contribution is 2.44. The number of nitrogens with two attached hydrogens (primary N) is 2. The number of aryl methyl sites for hydroxylation is 1. The normalized spacial score (nSPS) is 18.9. The smallest absolute Gasteiger partial charge is 0.395 e. The molecule has 1 aliphatic carbocycles. The molecule has 0 amide bonds. The first-order valence-electron chi connectivity index (χ1n) is 10.4. The lowest BCUT2D eigenvalue weighted by atomic mass is 9.84. The van der Waals surface area contributed by atoms with Crippen molar-refractivity contribution in [2.45, 2.75) is 46.3 Å². The molecule has 4 rings (SSSR count). The number of ether oxygens (including phenoxy) is 2. The average Bonchev–Trinajstić information content (AvgIpc) is 2.99. The van der Waals surface area contributed by atoms with Gasteiger partial charge in [0.25, 0.3) is 0 Å². The van der Waals surface area contributed by atoms with Gasteiger partial charge in [-0.1, -0.05) is 26.3 Å². The van der Waals surface area contributed by atoms with E-state index in [1.165, 1.54) is 11.4 Å². The Morgan fingerprint density at radius 2 is 1.78 bits per heavy atom. The predicted molar refractivity (Wildman–Crippen MR) is 116 cm³/mol. The highest BCUT2D eigenvalue weighted by atomic mass is 19.3. The van der Waals surface area contributed by atoms with Crippen LogP contribution in [0.25, 0.3) is 5.70 Å². The first kappa shape index (κ1) is 25.4. The molecule has 3 aliphatic rings. The van der Waals surface area contributed by atoms with E-state index in [4.69, 9.17) is 11.6 Å². The minimum atomic E-state index is -3.60. The topological polar surface area (TPSA) is 85.8 Å². The molecule has 0 radical (unpaired) electrons. The minimum absolute atomic E-state index is 0.0146. The van der Waals surface area contributed by atoms with Crippen LogP contribution >= 0.6 is 0 Å². The zero-order valence-corrected chi connectivity index (χ0v) is 18.6. The molecule has 0 atom stereocenters. The van der Waals surface area contributed by atoms with Gasteiger partial charge in [-0.3, -0.25) is 0 Å². The average molecular weight is 459 g/mol. The molecule has 1 aromatic carbocycles. The van der Waals surface area contributed by atoms with Crippen LogP contribution in [0.15, 0.2) is 41.8 Å². The SMILES string of the molecule is CC.Cc1cc2c(cc1/C(=C/C1CCC1)N(C)N)OC(F)(F)O2.NC1=C(F)CNC=C1F. The van der Waals surface area contributed by atoms with E-state index in [2.05, 4.69) is 20.9 Å². The molecule has 32 heavy (non-hydrogen) atoms. The van der Waals surface area contributed by atoms with Crippen molar-refractivity contribution in [1.82, 2.24) is 10.3 Å². The molecule has 0 unspecified atom stereocenters. The molecule has 0 bridgehead atoms. The van der Waals surface area contributed by atoms with Crippen LogP contribution < -0.4 is 26.4 Å². The highest BCUT2D eigenvalue weighted by Gasteiger charge is 2.43. The number of hydrogen-bond acceptors (Lipinski definition) is 6. The van der Waals surface area contributed by atoms with Gasteiger partial charge in [0.15, 0.2) is 17.3 Å². The highest BCUT2D eigenvalue weighted by molar-refractivity contribution is 5.70. The lowest BCUT2D eigenvalue weighted by Crippen LogP contribution is -2.26. The monoisotopic (exact) mass is 458 g/mol. The van der Waals surface area contributed by atoms with Crippen LogP contribution in [0.4, 0.5) is 17.6 Å². The van der Waals surface area contributed by atoms with Crippen molar-refractivity contribution >= 4 is 5.70 Å². The summed E-state index contributed by atoms with van der Waals surface area (Å²) >= 11 is 0. The number of fused-ring (bicyclic) bond motifs is 1. The van der Waals surface area contributed by atoms with E-state index >= 15 is 0 Å². The first-order valence-corrected chi connectivity index (χ1v) is 10.4. The van der Waals surface area contributed by atoms with E-state index in [0.717, 1.165) is 35.9 Å². The molecule has 6 nitrogen and oxygen atoms in total. The summed E-state index contributed by atoms with van der Waals surface area (Å²) in [5, 5.41) is 3.88. The molecule has 0 saturated heterocycles. The number of halogens is 4. The van der Waals surface area contributed by atoms with Crippen LogP contribution in [0, 0.1) is 12.8 Å². The number of benzene rings is 1. The second kappa shape index (κ2) is 10.6. The first-order chi connectivity index (χ1) is 15.1. The van der Waals surface area contributed by atoms with Crippen molar-refractivity contribution in [2.24, 2.45) is 17.5 Å². The molecule has 2 heterocycles. The van der Waals surface area contributed by atoms with Gasteiger partial charge in [0.2, 0.25) is 0 Å². The van der Waals surface area contributed by atoms with E-state index in [1.54, 1.807) is 19.2 Å². The van der Waals surface area contributed by atoms with Crippen LogP contribution in [0.2, 0.25) is 0 Å². The number of dihydropyridines is 1. The third-order valence-corrected chi connectivity index (χ3v) is 4.98. The largest absolute Gasteiger partial charge is 0.586 e. The van der Waals surface area contributed by atoms with Gasteiger partial charge in [0, 0.05) is 18.8 Å². The fourth-order valence-corrected chi connectivity index (χ4v) is 3.13. The lowest BCUT2D eigenvalue weighted by molar-refractivity contribution is -0.286. The van der Waals surface area contributed by atoms with Gasteiger partial charge in [-0.25, -0.2) is 14.6 Å². The summed E-state index contributed by atoms with van der Waals surface area (Å²) in [6, 6.07) is 3.13. The van der Waals surface area contributed by atoms with Gasteiger partial charge < -0.3 is 25.5 Å². The zero-order chi connectivity index (χ0) is 24.1. The molecular weight excluding hydrogens is 428 g/mol. The van der Waals surface area contributed by atoms with Crippen molar-refractivity contribution in [2.75, 3.05) is 13.6 Å². The van der Waals surface area contributed by atoms with E-state index in [9.17, 15) is 17.6 Å². The van der Waals surface area contributed by atoms with E-state index in [-0.39, 0.29) is 18.0 Å². The Bertz CT molecular complexity index is 909. The maximum absolute atomic E-state index is 13.1. The minimum Gasteiger partial charge on any atom is -0.395 e. The summed E-state index contributed by atoms with van der Waals surface area (Å²) < 4.78 is 59.7. The van der Waals surface area contributed by atoms with Crippen molar-refractivity contribution in [1.29, 1.82) is 0 Å². The third-order valence-electron chi connectivity index (χ3n) is 4.98. The number of allylic oxidation sites excluding steroid dienone is 2. The van der Waals surface area contributed by atoms with Crippen LogP contribution in [0.5, 0.6) is 11.5 Å². The molecule has 1 aromatic rings. The molecule has 2 aliphatic heterocycles. The van der Waals surface area contributed by atoms with Crippen molar-refractivity contribution in [3.63, 3.8) is 0 Å². The second-order valence-corrected chi connectivity index (χ2v) is 7.33. The van der Waals surface area contributed by atoms with E-state index in [1.807, 2.05) is 20.8 Å². The molecule has 1 fully saturated rings. The van der Waals surface area contributed by atoms with Gasteiger partial charge in [-0.2, -0.15) is 0 Å². The number of hydrazine groups is 1. The quantitative estimate of drug-likeness (QED) is 0.342. The molecular formula is C22H30F4N4O2. The summed E-state index contributed by atoms with van der Waals surface area (Å²) in [5.74, 6) is 5.13. The van der Waals surface area contributed by atoms with Gasteiger partial charge in [0.1, 0.15) is 11.5 Å². The van der Waals surface area contributed by atoms with E-state index in [0.29, 0.717) is 5.92 Å². The summed E-state index contributed by atoms with van der Waals surface area (Å²) in [5.41, 5.74) is 6.97. The van der Waals surface area contributed by atoms with E-state index < -0.39 is 23.6 Å². The fourth-order valence-electron chi connectivity index (χ4n) is 3.13. The molecule has 10 heteroatoms. The van der Waals surface area contributed by atoms with Crippen molar-refractivity contribution < 1.29 is 27.0 Å². The number of nitrogens with zero attached hydrogens (tertiary/aromatic N) is 1. The molecule has 5 N–H and O–H groups in total. The van der Waals surface area contributed by atoms with Gasteiger partial charge in [0.05, 0.1) is 12.2 Å². The zero-order valence-electron chi connectivity index (χ0n) is 18.6. The van der Waals surface area contributed by atoms with Crippen molar-refractivity contribution in [3.05, 3.63) is 52.9 Å². The van der Waals surface area contributed by atoms with Crippen LogP contribution in [-0.4, -0.2) is 24.9 Å². The number of alkyl halides is 2. The molecule has 1 saturated carbocycles. The van der Waals surface area contributed by atoms with Gasteiger partial charge in [-0.15, -0.1) is 8.78 Å².